The van der Waals surface area contributed by atoms with E-state index in [1.165, 1.54) is 43.8 Å². The first-order chi connectivity index (χ1) is 10.0. The number of rotatable bonds is 3. The van der Waals surface area contributed by atoms with Gasteiger partial charge in [-0.15, -0.1) is 0 Å². The molecule has 1 saturated heterocycles. The van der Waals surface area contributed by atoms with Gasteiger partial charge in [0.2, 0.25) is 0 Å². The Morgan fingerprint density at radius 2 is 1.77 bits per heavy atom. The Hall–Kier alpha value is -1.16. The highest BCUT2D eigenvalue weighted by Gasteiger charge is 2.35. The Kier molecular flexibility index (Phi) is 5.43. The van der Waals surface area contributed by atoms with Crippen LogP contribution in [0.25, 0.3) is 0 Å². The minimum Gasteiger partial charge on any atom is -1.00 e. The van der Waals surface area contributed by atoms with Crippen molar-refractivity contribution in [1.82, 2.24) is 4.90 Å². The van der Waals surface area contributed by atoms with Gasteiger partial charge in [-0.05, 0) is 37.1 Å². The van der Waals surface area contributed by atoms with Gasteiger partial charge in [0.25, 0.3) is 0 Å². The number of nitrogens with zero attached hydrogens (tertiary/aromatic N) is 2. The number of benzene rings is 1. The summed E-state index contributed by atoms with van der Waals surface area (Å²) in [6.07, 6.45) is 8.18. The van der Waals surface area contributed by atoms with E-state index in [9.17, 15) is 4.39 Å². The Morgan fingerprint density at radius 3 is 2.36 bits per heavy atom. The van der Waals surface area contributed by atoms with E-state index in [0.29, 0.717) is 0 Å². The van der Waals surface area contributed by atoms with Crippen LogP contribution in [-0.2, 0) is 6.54 Å². The molecule has 120 valence electrons. The molecule has 2 aliphatic heterocycles. The lowest BCUT2D eigenvalue weighted by Crippen LogP contribution is -3.00. The van der Waals surface area contributed by atoms with Crippen LogP contribution in [-0.4, -0.2) is 34.3 Å². The van der Waals surface area contributed by atoms with Crippen LogP contribution in [0, 0.1) is 5.82 Å². The summed E-state index contributed by atoms with van der Waals surface area (Å²) in [5, 5.41) is 0. The molecule has 0 aromatic heterocycles. The number of halogens is 2. The number of likely N-dealkylation sites (tertiary alicyclic amines) is 1. The molecule has 4 heteroatoms. The minimum absolute atomic E-state index is 0. The van der Waals surface area contributed by atoms with Crippen LogP contribution in [0.1, 0.15) is 38.7 Å². The van der Waals surface area contributed by atoms with E-state index < -0.39 is 0 Å². The summed E-state index contributed by atoms with van der Waals surface area (Å²) in [6.45, 7) is 7.81. The molecule has 1 fully saturated rings. The maximum Gasteiger partial charge on any atom is 0.168 e. The molecule has 0 N–H and O–H groups in total. The molecular formula is C18H24BrFN2. The molecular weight excluding hydrogens is 343 g/mol. The third-order valence-corrected chi connectivity index (χ3v) is 4.62. The van der Waals surface area contributed by atoms with Crippen molar-refractivity contribution < 1.29 is 25.9 Å². The second-order valence-corrected chi connectivity index (χ2v) is 6.74. The molecule has 0 radical (unpaired) electrons. The van der Waals surface area contributed by atoms with E-state index in [4.69, 9.17) is 0 Å². The van der Waals surface area contributed by atoms with Gasteiger partial charge in [0.15, 0.2) is 18.3 Å². The Bertz CT molecular complexity index is 569. The Labute approximate surface area is 143 Å². The highest BCUT2D eigenvalue weighted by Crippen LogP contribution is 2.28. The lowest BCUT2D eigenvalue weighted by atomic mass is 9.93. The molecule has 3 rings (SSSR count). The van der Waals surface area contributed by atoms with E-state index in [2.05, 4.69) is 35.6 Å². The van der Waals surface area contributed by atoms with Gasteiger partial charge in [0.1, 0.15) is 5.82 Å². The van der Waals surface area contributed by atoms with Crippen molar-refractivity contribution in [3.63, 3.8) is 0 Å². The van der Waals surface area contributed by atoms with Gasteiger partial charge in [-0.25, -0.2) is 8.97 Å². The average molecular weight is 367 g/mol. The van der Waals surface area contributed by atoms with Gasteiger partial charge in [-0.1, -0.05) is 0 Å². The van der Waals surface area contributed by atoms with Crippen molar-refractivity contribution in [2.45, 2.75) is 45.2 Å². The smallest absolute Gasteiger partial charge is 0.168 e. The predicted octanol–water partition coefficient (Wildman–Crippen LogP) is 0.575. The second-order valence-electron chi connectivity index (χ2n) is 6.74. The fourth-order valence-electron chi connectivity index (χ4n) is 3.26. The molecule has 2 heterocycles. The molecule has 0 spiro atoms. The van der Waals surface area contributed by atoms with Gasteiger partial charge in [-0.3, -0.25) is 0 Å². The van der Waals surface area contributed by atoms with Gasteiger partial charge < -0.3 is 21.9 Å². The fraction of sp³-hybridized carbons (Fsp3) is 0.500. The molecule has 1 aromatic rings. The van der Waals surface area contributed by atoms with Crippen molar-refractivity contribution in [1.29, 1.82) is 0 Å². The summed E-state index contributed by atoms with van der Waals surface area (Å²) in [5.74, 6) is -0.170. The zero-order valence-electron chi connectivity index (χ0n) is 13.4. The third kappa shape index (κ3) is 3.78. The summed E-state index contributed by atoms with van der Waals surface area (Å²) in [7, 11) is 0. The normalized spacial score (nSPS) is 20.2. The molecule has 0 unspecified atom stereocenters. The van der Waals surface area contributed by atoms with Crippen LogP contribution in [0.5, 0.6) is 0 Å². The van der Waals surface area contributed by atoms with Crippen molar-refractivity contribution in [2.24, 2.45) is 0 Å². The van der Waals surface area contributed by atoms with Crippen molar-refractivity contribution in [3.05, 3.63) is 47.4 Å². The first kappa shape index (κ1) is 17.2. The molecule has 0 bridgehead atoms. The number of hydrogen-bond acceptors (Lipinski definition) is 1. The molecule has 0 atom stereocenters. The van der Waals surface area contributed by atoms with Crippen LogP contribution in [0.15, 0.2) is 36.0 Å². The molecule has 0 amide bonds. The lowest BCUT2D eigenvalue weighted by Gasteiger charge is -2.31. The summed E-state index contributed by atoms with van der Waals surface area (Å²) in [6, 6.07) is 6.83. The molecule has 0 saturated carbocycles. The van der Waals surface area contributed by atoms with Gasteiger partial charge in [0.05, 0.1) is 6.42 Å². The third-order valence-electron chi connectivity index (χ3n) is 4.62. The van der Waals surface area contributed by atoms with Gasteiger partial charge >= 0.3 is 0 Å². The monoisotopic (exact) mass is 366 g/mol. The standard InChI is InChI=1S/C18H24FN2.BrH/c1-18(2)13-17(20-10-3-4-11-20)9-12-21(18)14-15-5-7-16(19)8-6-15;/h5-9,12H,3-4,10-11,13-14H2,1-2H3;1H/q+1;/p-1. The van der Waals surface area contributed by atoms with E-state index in [1.807, 2.05) is 12.1 Å². The van der Waals surface area contributed by atoms with Crippen LogP contribution >= 0.6 is 0 Å². The molecule has 0 aliphatic carbocycles. The number of allylic oxidation sites excluding steroid dienone is 1. The van der Waals surface area contributed by atoms with Crippen LogP contribution in [0.3, 0.4) is 0 Å². The first-order valence-corrected chi connectivity index (χ1v) is 7.85. The second kappa shape index (κ2) is 6.95. The lowest BCUT2D eigenvalue weighted by molar-refractivity contribution is -0.612. The predicted molar refractivity (Wildman–Crippen MR) is 84.0 cm³/mol. The van der Waals surface area contributed by atoms with Gasteiger partial charge in [0, 0.05) is 44.3 Å². The topological polar surface area (TPSA) is 6.25 Å². The molecule has 2 nitrogen and oxygen atoms in total. The zero-order valence-corrected chi connectivity index (χ0v) is 14.9. The maximum atomic E-state index is 13.0. The quantitative estimate of drug-likeness (QED) is 0.709. The van der Waals surface area contributed by atoms with Gasteiger partial charge in [-0.2, -0.15) is 0 Å². The van der Waals surface area contributed by atoms with Crippen LogP contribution < -0.4 is 17.0 Å². The minimum atomic E-state index is -0.170. The van der Waals surface area contributed by atoms with Crippen LogP contribution in [0.2, 0.25) is 0 Å². The van der Waals surface area contributed by atoms with E-state index in [0.717, 1.165) is 18.5 Å². The summed E-state index contributed by atoms with van der Waals surface area (Å²) in [4.78, 5) is 2.52. The average Bonchev–Trinajstić information content (AvgIpc) is 2.97. The Balaban J connectivity index is 0.00000176. The highest BCUT2D eigenvalue weighted by molar-refractivity contribution is 5.68. The largest absolute Gasteiger partial charge is 1.00 e. The summed E-state index contributed by atoms with van der Waals surface area (Å²) in [5.41, 5.74) is 2.72. The molecule has 22 heavy (non-hydrogen) atoms. The summed E-state index contributed by atoms with van der Waals surface area (Å²) >= 11 is 0. The Morgan fingerprint density at radius 1 is 1.14 bits per heavy atom. The zero-order chi connectivity index (χ0) is 14.9. The van der Waals surface area contributed by atoms with Crippen molar-refractivity contribution in [3.8, 4) is 0 Å². The van der Waals surface area contributed by atoms with Crippen LogP contribution in [0.4, 0.5) is 4.39 Å². The van der Waals surface area contributed by atoms with E-state index >= 15 is 0 Å². The first-order valence-electron chi connectivity index (χ1n) is 7.85. The highest BCUT2D eigenvalue weighted by atomic mass is 79.9. The SMILES string of the molecule is CC1(C)CC(N2CCCC2)=CC=[N+]1Cc1ccc(F)cc1.[Br-]. The van der Waals surface area contributed by atoms with Crippen molar-refractivity contribution in [2.75, 3.05) is 13.1 Å². The molecule has 1 aromatic carbocycles. The van der Waals surface area contributed by atoms with E-state index in [-0.39, 0.29) is 28.3 Å². The molecule has 2 aliphatic rings. The number of hydrogen-bond donors (Lipinski definition) is 0. The maximum absolute atomic E-state index is 13.0. The fourth-order valence-corrected chi connectivity index (χ4v) is 3.26. The van der Waals surface area contributed by atoms with Crippen molar-refractivity contribution >= 4 is 6.21 Å². The van der Waals surface area contributed by atoms with E-state index in [1.54, 1.807) is 0 Å². The summed E-state index contributed by atoms with van der Waals surface area (Å²) < 4.78 is 15.4.